The number of nitrogens with one attached hydrogen (secondary N) is 1. The molecule has 0 unspecified atom stereocenters. The second kappa shape index (κ2) is 5.53. The van der Waals surface area contributed by atoms with Crippen LogP contribution in [0.4, 0.5) is 0 Å². The maximum atomic E-state index is 12.1. The molecule has 0 radical (unpaired) electrons. The van der Waals surface area contributed by atoms with Gasteiger partial charge in [-0.25, -0.2) is 4.98 Å². The third kappa shape index (κ3) is 2.48. The molecule has 3 aromatic rings. The van der Waals surface area contributed by atoms with Gasteiger partial charge in [0.2, 0.25) is 0 Å². The third-order valence-electron chi connectivity index (χ3n) is 2.73. The van der Waals surface area contributed by atoms with E-state index in [9.17, 15) is 4.79 Å². The van der Waals surface area contributed by atoms with Crippen molar-refractivity contribution in [3.05, 3.63) is 46.8 Å². The number of thiophene rings is 1. The first-order valence-corrected chi connectivity index (χ1v) is 7.73. The van der Waals surface area contributed by atoms with Crippen LogP contribution in [0.15, 0.2) is 46.3 Å². The van der Waals surface area contributed by atoms with Crippen molar-refractivity contribution in [3.63, 3.8) is 0 Å². The molecule has 1 N–H and O–H groups in total. The SMILES string of the molecule is C#CCSc1nc2sc(-c3ccccc3)cc2c(=O)[nH]1. The molecular weight excluding hydrogens is 288 g/mol. The average Bonchev–Trinajstić information content (AvgIpc) is 2.91. The maximum Gasteiger partial charge on any atom is 0.260 e. The summed E-state index contributed by atoms with van der Waals surface area (Å²) in [5.74, 6) is 3.01. The number of aromatic amines is 1. The van der Waals surface area contributed by atoms with Gasteiger partial charge < -0.3 is 4.98 Å². The van der Waals surface area contributed by atoms with Crippen LogP contribution in [-0.4, -0.2) is 15.7 Å². The number of hydrogen-bond acceptors (Lipinski definition) is 4. The van der Waals surface area contributed by atoms with E-state index in [1.54, 1.807) is 0 Å². The molecule has 0 bridgehead atoms. The fourth-order valence-corrected chi connectivity index (χ4v) is 3.47. The van der Waals surface area contributed by atoms with Gasteiger partial charge in [-0.3, -0.25) is 4.79 Å². The number of rotatable bonds is 3. The van der Waals surface area contributed by atoms with Crippen molar-refractivity contribution in [2.45, 2.75) is 5.16 Å². The molecule has 5 heteroatoms. The first kappa shape index (κ1) is 13.0. The molecule has 0 aliphatic rings. The van der Waals surface area contributed by atoms with Crippen LogP contribution in [0, 0.1) is 12.3 Å². The summed E-state index contributed by atoms with van der Waals surface area (Å²) in [4.78, 5) is 21.0. The zero-order valence-corrected chi connectivity index (χ0v) is 12.1. The number of H-pyrrole nitrogens is 1. The highest BCUT2D eigenvalue weighted by molar-refractivity contribution is 7.99. The Morgan fingerprint density at radius 3 is 2.90 bits per heavy atom. The molecule has 0 atom stereocenters. The summed E-state index contributed by atoms with van der Waals surface area (Å²) in [6, 6.07) is 11.9. The molecule has 98 valence electrons. The minimum atomic E-state index is -0.118. The average molecular weight is 298 g/mol. The maximum absolute atomic E-state index is 12.1. The monoisotopic (exact) mass is 298 g/mol. The van der Waals surface area contributed by atoms with Crippen LogP contribution >= 0.6 is 23.1 Å². The highest BCUT2D eigenvalue weighted by Gasteiger charge is 2.10. The van der Waals surface area contributed by atoms with E-state index in [-0.39, 0.29) is 5.56 Å². The molecule has 0 aliphatic heterocycles. The van der Waals surface area contributed by atoms with Gasteiger partial charge in [0.1, 0.15) is 4.83 Å². The molecule has 0 spiro atoms. The van der Waals surface area contributed by atoms with E-state index in [1.165, 1.54) is 23.1 Å². The van der Waals surface area contributed by atoms with Crippen molar-refractivity contribution in [2.75, 3.05) is 5.75 Å². The van der Waals surface area contributed by atoms with Crippen molar-refractivity contribution >= 4 is 33.3 Å². The molecule has 0 saturated carbocycles. The van der Waals surface area contributed by atoms with Gasteiger partial charge >= 0.3 is 0 Å². The van der Waals surface area contributed by atoms with Crippen molar-refractivity contribution in [2.24, 2.45) is 0 Å². The van der Waals surface area contributed by atoms with Crippen LogP contribution in [0.5, 0.6) is 0 Å². The molecule has 3 rings (SSSR count). The lowest BCUT2D eigenvalue weighted by atomic mass is 10.2. The molecule has 2 heterocycles. The molecule has 0 fully saturated rings. The summed E-state index contributed by atoms with van der Waals surface area (Å²) >= 11 is 2.87. The fraction of sp³-hybridized carbons (Fsp3) is 0.0667. The summed E-state index contributed by atoms with van der Waals surface area (Å²) in [6.45, 7) is 0. The highest BCUT2D eigenvalue weighted by atomic mass is 32.2. The number of terminal acetylenes is 1. The Hall–Kier alpha value is -2.03. The summed E-state index contributed by atoms with van der Waals surface area (Å²) in [5.41, 5.74) is 0.973. The second-order valence-electron chi connectivity index (χ2n) is 4.06. The number of thioether (sulfide) groups is 1. The van der Waals surface area contributed by atoms with Gasteiger partial charge in [-0.05, 0) is 11.6 Å². The normalized spacial score (nSPS) is 10.6. The highest BCUT2D eigenvalue weighted by Crippen LogP contribution is 2.31. The van der Waals surface area contributed by atoms with Crippen LogP contribution in [0.1, 0.15) is 0 Å². The quantitative estimate of drug-likeness (QED) is 0.458. The van der Waals surface area contributed by atoms with Crippen LogP contribution in [0.25, 0.3) is 20.7 Å². The molecule has 3 nitrogen and oxygen atoms in total. The fourth-order valence-electron chi connectivity index (χ4n) is 1.83. The minimum absolute atomic E-state index is 0.118. The van der Waals surface area contributed by atoms with E-state index in [0.29, 0.717) is 16.3 Å². The van der Waals surface area contributed by atoms with Crippen molar-refractivity contribution in [1.29, 1.82) is 0 Å². The summed E-state index contributed by atoms with van der Waals surface area (Å²) in [7, 11) is 0. The Morgan fingerprint density at radius 1 is 1.35 bits per heavy atom. The number of fused-ring (bicyclic) bond motifs is 1. The van der Waals surface area contributed by atoms with Gasteiger partial charge in [0.05, 0.1) is 11.1 Å². The summed E-state index contributed by atoms with van der Waals surface area (Å²) < 4.78 is 0. The predicted molar refractivity (Wildman–Crippen MR) is 85.2 cm³/mol. The first-order chi connectivity index (χ1) is 9.78. The van der Waals surface area contributed by atoms with E-state index in [1.807, 2.05) is 36.4 Å². The van der Waals surface area contributed by atoms with Crippen molar-refractivity contribution in [1.82, 2.24) is 9.97 Å². The second-order valence-corrected chi connectivity index (χ2v) is 6.05. The smallest absolute Gasteiger partial charge is 0.260 e. The predicted octanol–water partition coefficient (Wildman–Crippen LogP) is 3.38. The lowest BCUT2D eigenvalue weighted by Gasteiger charge is -1.95. The van der Waals surface area contributed by atoms with Crippen LogP contribution in [0.2, 0.25) is 0 Å². The van der Waals surface area contributed by atoms with Crippen LogP contribution in [-0.2, 0) is 0 Å². The third-order valence-corrected chi connectivity index (χ3v) is 4.59. The standard InChI is InChI=1S/C15H10N2OS2/c1-2-8-19-15-16-13(18)11-9-12(20-14(11)17-15)10-6-4-3-5-7-10/h1,3-7,9H,8H2,(H,16,17,18). The number of nitrogens with zero attached hydrogens (tertiary/aromatic N) is 1. The van der Waals surface area contributed by atoms with E-state index < -0.39 is 0 Å². The number of hydrogen-bond donors (Lipinski definition) is 1. The number of aromatic nitrogens is 2. The lowest BCUT2D eigenvalue weighted by Crippen LogP contribution is -2.07. The Labute approximate surface area is 124 Å². The van der Waals surface area contributed by atoms with E-state index in [0.717, 1.165) is 15.3 Å². The molecule has 0 aliphatic carbocycles. The molecular formula is C15H10N2OS2. The van der Waals surface area contributed by atoms with Gasteiger partial charge in [0.25, 0.3) is 5.56 Å². The molecule has 1 aromatic carbocycles. The molecule has 0 amide bonds. The van der Waals surface area contributed by atoms with E-state index >= 15 is 0 Å². The van der Waals surface area contributed by atoms with Gasteiger partial charge in [-0.15, -0.1) is 17.8 Å². The van der Waals surface area contributed by atoms with Crippen molar-refractivity contribution in [3.8, 4) is 22.8 Å². The van der Waals surface area contributed by atoms with Crippen molar-refractivity contribution < 1.29 is 0 Å². The Morgan fingerprint density at radius 2 is 2.15 bits per heavy atom. The van der Waals surface area contributed by atoms with Gasteiger partial charge in [-0.2, -0.15) is 0 Å². The summed E-state index contributed by atoms with van der Waals surface area (Å²) in [6.07, 6.45) is 5.22. The van der Waals surface area contributed by atoms with Gasteiger partial charge in [0, 0.05) is 4.88 Å². The largest absolute Gasteiger partial charge is 0.301 e. The Kier molecular flexibility index (Phi) is 3.59. The Bertz CT molecular complexity index is 844. The minimum Gasteiger partial charge on any atom is -0.301 e. The Balaban J connectivity index is 2.10. The zero-order valence-electron chi connectivity index (χ0n) is 10.4. The summed E-state index contributed by atoms with van der Waals surface area (Å²) in [5, 5.41) is 1.20. The van der Waals surface area contributed by atoms with Gasteiger partial charge in [-0.1, -0.05) is 48.0 Å². The van der Waals surface area contributed by atoms with Crippen LogP contribution < -0.4 is 5.56 Å². The lowest BCUT2D eigenvalue weighted by molar-refractivity contribution is 0.982. The van der Waals surface area contributed by atoms with Gasteiger partial charge in [0.15, 0.2) is 5.16 Å². The van der Waals surface area contributed by atoms with Crippen LogP contribution in [0.3, 0.4) is 0 Å². The van der Waals surface area contributed by atoms with E-state index in [4.69, 9.17) is 6.42 Å². The molecule has 0 saturated heterocycles. The zero-order chi connectivity index (χ0) is 13.9. The topological polar surface area (TPSA) is 45.8 Å². The van der Waals surface area contributed by atoms with E-state index in [2.05, 4.69) is 15.9 Å². The first-order valence-electron chi connectivity index (χ1n) is 5.93. The number of benzene rings is 1. The molecule has 20 heavy (non-hydrogen) atoms. The molecule has 2 aromatic heterocycles.